The van der Waals surface area contributed by atoms with Gasteiger partial charge in [0.05, 0.1) is 0 Å². The normalized spacial score (nSPS) is 20.8. The fraction of sp³-hybridized carbons (Fsp3) is 0.800. The molecule has 0 spiro atoms. The number of carbonyl (C=O) groups excluding carboxylic acids is 1. The fourth-order valence-electron chi connectivity index (χ4n) is 2.12. The van der Waals surface area contributed by atoms with Crippen molar-refractivity contribution in [3.05, 3.63) is 12.7 Å². The van der Waals surface area contributed by atoms with Crippen molar-refractivity contribution < 1.29 is 19.0 Å². The third-order valence-electron chi connectivity index (χ3n) is 3.15. The first-order valence-corrected chi connectivity index (χ1v) is 7.25. The van der Waals surface area contributed by atoms with E-state index in [1.807, 2.05) is 0 Å². The van der Waals surface area contributed by atoms with Crippen LogP contribution in [0.4, 0.5) is 0 Å². The van der Waals surface area contributed by atoms with Crippen LogP contribution in [0.5, 0.6) is 0 Å². The molecular formula is C15H26O4. The third kappa shape index (κ3) is 8.01. The van der Waals surface area contributed by atoms with Gasteiger partial charge in [0.15, 0.2) is 6.29 Å². The largest absolute Gasteiger partial charge is 0.458 e. The molecule has 0 amide bonds. The first-order valence-electron chi connectivity index (χ1n) is 7.25. The minimum Gasteiger partial charge on any atom is -0.458 e. The highest BCUT2D eigenvalue weighted by Crippen LogP contribution is 2.14. The van der Waals surface area contributed by atoms with E-state index in [4.69, 9.17) is 14.2 Å². The predicted molar refractivity (Wildman–Crippen MR) is 73.8 cm³/mol. The highest BCUT2D eigenvalue weighted by Gasteiger charge is 2.13. The zero-order valence-electron chi connectivity index (χ0n) is 11.9. The second-order valence-corrected chi connectivity index (χ2v) is 4.90. The Morgan fingerprint density at radius 2 is 2.26 bits per heavy atom. The van der Waals surface area contributed by atoms with Gasteiger partial charge < -0.3 is 14.2 Å². The molecule has 0 N–H and O–H groups in total. The van der Waals surface area contributed by atoms with Gasteiger partial charge in [-0.15, -0.1) is 0 Å². The molecule has 110 valence electrons. The molecule has 0 aromatic heterocycles. The van der Waals surface area contributed by atoms with Gasteiger partial charge in [-0.3, -0.25) is 4.79 Å². The number of rotatable bonds is 9. The summed E-state index contributed by atoms with van der Waals surface area (Å²) in [5.41, 5.74) is 0. The molecule has 0 bridgehead atoms. The van der Waals surface area contributed by atoms with E-state index in [2.05, 4.69) is 6.58 Å². The van der Waals surface area contributed by atoms with Gasteiger partial charge in [0.25, 0.3) is 0 Å². The van der Waals surface area contributed by atoms with E-state index in [1.165, 1.54) is 13.3 Å². The molecular weight excluding hydrogens is 244 g/mol. The van der Waals surface area contributed by atoms with Crippen LogP contribution in [0.1, 0.15) is 51.9 Å². The second kappa shape index (κ2) is 9.98. The molecule has 0 radical (unpaired) electrons. The molecule has 2 unspecified atom stereocenters. The number of ether oxygens (including phenoxy) is 3. The third-order valence-corrected chi connectivity index (χ3v) is 3.15. The van der Waals surface area contributed by atoms with Crippen LogP contribution < -0.4 is 0 Å². The Balaban J connectivity index is 1.94. The van der Waals surface area contributed by atoms with Gasteiger partial charge in [0, 0.05) is 20.1 Å². The lowest BCUT2D eigenvalue weighted by Gasteiger charge is -2.22. The molecule has 1 rings (SSSR count). The van der Waals surface area contributed by atoms with Crippen LogP contribution in [-0.2, 0) is 19.0 Å². The van der Waals surface area contributed by atoms with Crippen molar-refractivity contribution in [1.29, 1.82) is 0 Å². The molecule has 0 saturated carbocycles. The SMILES string of the molecule is C=CC(CCCCCOC1CCCCO1)OC(C)=O. The van der Waals surface area contributed by atoms with Gasteiger partial charge in [-0.2, -0.15) is 0 Å². The summed E-state index contributed by atoms with van der Waals surface area (Å²) in [7, 11) is 0. The van der Waals surface area contributed by atoms with Crippen LogP contribution in [0, 0.1) is 0 Å². The highest BCUT2D eigenvalue weighted by molar-refractivity contribution is 5.66. The average Bonchev–Trinajstić information content (AvgIpc) is 2.42. The molecule has 2 atom stereocenters. The quantitative estimate of drug-likeness (QED) is 0.366. The van der Waals surface area contributed by atoms with E-state index in [1.54, 1.807) is 6.08 Å². The molecule has 4 nitrogen and oxygen atoms in total. The van der Waals surface area contributed by atoms with E-state index in [-0.39, 0.29) is 18.4 Å². The van der Waals surface area contributed by atoms with Gasteiger partial charge in [0.2, 0.25) is 0 Å². The van der Waals surface area contributed by atoms with Crippen LogP contribution in [0.2, 0.25) is 0 Å². The molecule has 0 aromatic carbocycles. The minimum atomic E-state index is -0.248. The molecule has 1 saturated heterocycles. The topological polar surface area (TPSA) is 44.8 Å². The maximum absolute atomic E-state index is 10.8. The lowest BCUT2D eigenvalue weighted by Crippen LogP contribution is -2.22. The van der Waals surface area contributed by atoms with Crippen LogP contribution in [0.3, 0.4) is 0 Å². The monoisotopic (exact) mass is 270 g/mol. The summed E-state index contributed by atoms with van der Waals surface area (Å²) < 4.78 is 16.2. The van der Waals surface area contributed by atoms with Crippen molar-refractivity contribution in [1.82, 2.24) is 0 Å². The first-order chi connectivity index (χ1) is 9.22. The Hall–Kier alpha value is -0.870. The van der Waals surface area contributed by atoms with Crippen LogP contribution >= 0.6 is 0 Å². The number of unbranched alkanes of at least 4 members (excludes halogenated alkanes) is 2. The number of hydrogen-bond donors (Lipinski definition) is 0. The Kier molecular flexibility index (Phi) is 8.50. The second-order valence-electron chi connectivity index (χ2n) is 4.90. The maximum Gasteiger partial charge on any atom is 0.303 e. The van der Waals surface area contributed by atoms with Crippen molar-refractivity contribution in [2.45, 2.75) is 64.3 Å². The lowest BCUT2D eigenvalue weighted by molar-refractivity contribution is -0.162. The Labute approximate surface area is 116 Å². The summed E-state index contributed by atoms with van der Waals surface area (Å²) in [5, 5.41) is 0. The summed E-state index contributed by atoms with van der Waals surface area (Å²) in [6.45, 7) is 6.67. The average molecular weight is 270 g/mol. The van der Waals surface area contributed by atoms with Crippen LogP contribution in [-0.4, -0.2) is 31.6 Å². The fourth-order valence-corrected chi connectivity index (χ4v) is 2.12. The van der Waals surface area contributed by atoms with Crippen LogP contribution in [0.25, 0.3) is 0 Å². The predicted octanol–water partition coefficient (Wildman–Crippen LogP) is 3.21. The smallest absolute Gasteiger partial charge is 0.303 e. The Bertz CT molecular complexity index is 259. The van der Waals surface area contributed by atoms with Gasteiger partial charge in [-0.25, -0.2) is 0 Å². The molecule has 1 fully saturated rings. The first kappa shape index (κ1) is 16.2. The zero-order valence-corrected chi connectivity index (χ0v) is 11.9. The van der Waals surface area contributed by atoms with Gasteiger partial charge in [-0.1, -0.05) is 19.1 Å². The summed E-state index contributed by atoms with van der Waals surface area (Å²) in [6.07, 6.45) is 8.85. The summed E-state index contributed by atoms with van der Waals surface area (Å²) in [5.74, 6) is -0.248. The van der Waals surface area contributed by atoms with E-state index < -0.39 is 0 Å². The molecule has 1 aliphatic heterocycles. The maximum atomic E-state index is 10.8. The lowest BCUT2D eigenvalue weighted by atomic mass is 10.1. The molecule has 0 aliphatic carbocycles. The van der Waals surface area contributed by atoms with E-state index in [0.717, 1.165) is 51.7 Å². The van der Waals surface area contributed by atoms with Gasteiger partial charge in [0.1, 0.15) is 6.10 Å². The van der Waals surface area contributed by atoms with Gasteiger partial charge >= 0.3 is 5.97 Å². The summed E-state index contributed by atoms with van der Waals surface area (Å²) in [4.78, 5) is 10.8. The number of carbonyl (C=O) groups is 1. The van der Waals surface area contributed by atoms with Crippen molar-refractivity contribution in [2.75, 3.05) is 13.2 Å². The van der Waals surface area contributed by atoms with Crippen LogP contribution in [0.15, 0.2) is 12.7 Å². The van der Waals surface area contributed by atoms with E-state index >= 15 is 0 Å². The van der Waals surface area contributed by atoms with Crippen molar-refractivity contribution in [3.8, 4) is 0 Å². The summed E-state index contributed by atoms with van der Waals surface area (Å²) in [6, 6.07) is 0. The molecule has 4 heteroatoms. The molecule has 0 aromatic rings. The summed E-state index contributed by atoms with van der Waals surface area (Å²) >= 11 is 0. The Morgan fingerprint density at radius 1 is 1.42 bits per heavy atom. The molecule has 19 heavy (non-hydrogen) atoms. The Morgan fingerprint density at radius 3 is 2.89 bits per heavy atom. The highest BCUT2D eigenvalue weighted by atomic mass is 16.7. The molecule has 1 aliphatic rings. The van der Waals surface area contributed by atoms with E-state index in [9.17, 15) is 4.79 Å². The number of hydrogen-bond acceptors (Lipinski definition) is 4. The standard InChI is InChI=1S/C15H26O4/c1-3-14(19-13(2)16)9-5-4-7-11-17-15-10-6-8-12-18-15/h3,14-15H,1,4-12H2,2H3. The van der Waals surface area contributed by atoms with Crippen molar-refractivity contribution in [2.24, 2.45) is 0 Å². The molecule has 1 heterocycles. The number of esters is 1. The van der Waals surface area contributed by atoms with Gasteiger partial charge in [-0.05, 0) is 38.5 Å². The minimum absolute atomic E-state index is 0.00993. The van der Waals surface area contributed by atoms with Crippen molar-refractivity contribution >= 4 is 5.97 Å². The van der Waals surface area contributed by atoms with Crippen molar-refractivity contribution in [3.63, 3.8) is 0 Å². The zero-order chi connectivity index (χ0) is 13.9. The van der Waals surface area contributed by atoms with E-state index in [0.29, 0.717) is 0 Å².